The summed E-state index contributed by atoms with van der Waals surface area (Å²) in [5.74, 6) is 2.91. The fourth-order valence-electron chi connectivity index (χ4n) is 2.89. The van der Waals surface area contributed by atoms with Gasteiger partial charge in [0.2, 0.25) is 0 Å². The van der Waals surface area contributed by atoms with Crippen molar-refractivity contribution >= 4 is 5.78 Å². The highest BCUT2D eigenvalue weighted by Crippen LogP contribution is 2.29. The van der Waals surface area contributed by atoms with Gasteiger partial charge in [-0.25, -0.2) is 0 Å². The molecule has 0 amide bonds. The number of benzene rings is 2. The Kier molecular flexibility index (Phi) is 8.40. The van der Waals surface area contributed by atoms with Gasteiger partial charge in [0.15, 0.2) is 28.8 Å². The summed E-state index contributed by atoms with van der Waals surface area (Å²) in [4.78, 5) is 12.1. The Morgan fingerprint density at radius 3 is 1.75 bits per heavy atom. The number of aryl methyl sites for hydroxylation is 2. The summed E-state index contributed by atoms with van der Waals surface area (Å²) in [6.45, 7) is 0. The van der Waals surface area contributed by atoms with Crippen LogP contribution in [0.5, 0.6) is 23.0 Å². The number of hydrogen-bond donors (Lipinski definition) is 0. The molecule has 0 aromatic heterocycles. The van der Waals surface area contributed by atoms with Crippen molar-refractivity contribution in [3.8, 4) is 23.0 Å². The average Bonchev–Trinajstić information content (AvgIpc) is 2.74. The third-order valence-corrected chi connectivity index (χ3v) is 4.46. The van der Waals surface area contributed by atoms with Crippen LogP contribution < -0.4 is 18.9 Å². The van der Waals surface area contributed by atoms with Crippen LogP contribution in [-0.4, -0.2) is 34.2 Å². The molecule has 2 rings (SSSR count). The van der Waals surface area contributed by atoms with Gasteiger partial charge in [-0.15, -0.1) is 0 Å². The zero-order valence-corrected chi connectivity index (χ0v) is 17.0. The number of hydrogen-bond acceptors (Lipinski definition) is 5. The number of carbonyl (C=O) groups excluding carboxylic acids is 1. The average molecular weight is 384 g/mol. The van der Waals surface area contributed by atoms with Crippen molar-refractivity contribution in [1.29, 1.82) is 0 Å². The van der Waals surface area contributed by atoms with Crippen LogP contribution in [0, 0.1) is 0 Å². The van der Waals surface area contributed by atoms with E-state index >= 15 is 0 Å². The van der Waals surface area contributed by atoms with Gasteiger partial charge in [-0.05, 0) is 60.7 Å². The molecule has 2 aromatic rings. The molecule has 0 spiro atoms. The number of methoxy groups -OCH3 is 4. The summed E-state index contributed by atoms with van der Waals surface area (Å²) < 4.78 is 21.1. The first-order chi connectivity index (χ1) is 13.6. The second kappa shape index (κ2) is 11.0. The van der Waals surface area contributed by atoms with E-state index in [0.717, 1.165) is 29.7 Å². The van der Waals surface area contributed by atoms with Gasteiger partial charge < -0.3 is 18.9 Å². The van der Waals surface area contributed by atoms with E-state index in [2.05, 4.69) is 0 Å². The van der Waals surface area contributed by atoms with E-state index in [1.54, 1.807) is 34.5 Å². The lowest BCUT2D eigenvalue weighted by atomic mass is 10.1. The van der Waals surface area contributed by atoms with Gasteiger partial charge in [0.25, 0.3) is 0 Å². The monoisotopic (exact) mass is 384 g/mol. The molecular weight excluding hydrogens is 356 g/mol. The normalized spacial score (nSPS) is 10.7. The molecule has 150 valence electrons. The van der Waals surface area contributed by atoms with E-state index < -0.39 is 0 Å². The Balaban J connectivity index is 1.81. The highest BCUT2D eigenvalue weighted by atomic mass is 16.5. The summed E-state index contributed by atoms with van der Waals surface area (Å²) in [5.41, 5.74) is 2.19. The molecule has 0 fully saturated rings. The van der Waals surface area contributed by atoms with Crippen LogP contribution >= 0.6 is 0 Å². The Morgan fingerprint density at radius 2 is 1.25 bits per heavy atom. The lowest BCUT2D eigenvalue weighted by molar-refractivity contribution is -0.114. The molecule has 0 heterocycles. The van der Waals surface area contributed by atoms with Gasteiger partial charge in [0.05, 0.1) is 28.4 Å². The first-order valence-corrected chi connectivity index (χ1v) is 9.22. The highest BCUT2D eigenvalue weighted by molar-refractivity contribution is 5.89. The molecule has 0 atom stereocenters. The quantitative estimate of drug-likeness (QED) is 0.537. The maximum Gasteiger partial charge on any atom is 0.160 e. The van der Waals surface area contributed by atoms with Gasteiger partial charge >= 0.3 is 0 Å². The molecule has 0 radical (unpaired) electrons. The molecule has 0 N–H and O–H groups in total. The molecule has 0 aliphatic carbocycles. The minimum absolute atomic E-state index is 0.113. The second-order valence-electron chi connectivity index (χ2n) is 6.29. The predicted octanol–water partition coefficient (Wildman–Crippen LogP) is 4.41. The van der Waals surface area contributed by atoms with E-state index in [4.69, 9.17) is 18.9 Å². The van der Waals surface area contributed by atoms with Crippen LogP contribution in [0.4, 0.5) is 0 Å². The van der Waals surface area contributed by atoms with Crippen LogP contribution in [0.15, 0.2) is 48.6 Å². The molecule has 2 aromatic carbocycles. The van der Waals surface area contributed by atoms with Gasteiger partial charge in [-0.3, -0.25) is 4.79 Å². The molecule has 5 nitrogen and oxygen atoms in total. The Labute approximate surface area is 166 Å². The van der Waals surface area contributed by atoms with Gasteiger partial charge in [0.1, 0.15) is 0 Å². The summed E-state index contributed by atoms with van der Waals surface area (Å²) >= 11 is 0. The summed E-state index contributed by atoms with van der Waals surface area (Å²) in [7, 11) is 6.45. The van der Waals surface area contributed by atoms with Crippen molar-refractivity contribution in [3.05, 3.63) is 59.7 Å². The SMILES string of the molecule is COc1ccc(CC/C=C/C(=O)CCc2ccc(OC)c(OC)c2)cc1OC. The number of carbonyl (C=O) groups is 1. The molecule has 0 unspecified atom stereocenters. The summed E-state index contributed by atoms with van der Waals surface area (Å²) in [6.07, 6.45) is 6.34. The minimum atomic E-state index is 0.113. The zero-order valence-electron chi connectivity index (χ0n) is 17.0. The highest BCUT2D eigenvalue weighted by Gasteiger charge is 2.06. The largest absolute Gasteiger partial charge is 0.493 e. The van der Waals surface area contributed by atoms with E-state index in [1.807, 2.05) is 42.5 Å². The fourth-order valence-corrected chi connectivity index (χ4v) is 2.89. The molecular formula is C23H28O5. The lowest BCUT2D eigenvalue weighted by Gasteiger charge is -2.09. The number of ketones is 1. The third kappa shape index (κ3) is 6.05. The maximum atomic E-state index is 12.1. The zero-order chi connectivity index (χ0) is 20.4. The third-order valence-electron chi connectivity index (χ3n) is 4.46. The van der Waals surface area contributed by atoms with Crippen molar-refractivity contribution in [1.82, 2.24) is 0 Å². The number of rotatable bonds is 11. The Bertz CT molecular complexity index is 811. The van der Waals surface area contributed by atoms with E-state index in [-0.39, 0.29) is 5.78 Å². The Morgan fingerprint density at radius 1 is 0.750 bits per heavy atom. The van der Waals surface area contributed by atoms with Crippen LogP contribution in [0.25, 0.3) is 0 Å². The number of ether oxygens (including phenoxy) is 4. The van der Waals surface area contributed by atoms with Crippen molar-refractivity contribution in [2.75, 3.05) is 28.4 Å². The Hall–Kier alpha value is -2.95. The standard InChI is InChI=1S/C23H28O5/c1-25-20-13-10-17(15-22(20)27-3)7-5-6-8-19(24)12-9-18-11-14-21(26-2)23(16-18)28-4/h6,8,10-11,13-16H,5,7,9,12H2,1-4H3/b8-6+. The smallest absolute Gasteiger partial charge is 0.160 e. The molecule has 28 heavy (non-hydrogen) atoms. The fraction of sp³-hybridized carbons (Fsp3) is 0.348. The molecule has 0 bridgehead atoms. The molecule has 0 aliphatic rings. The minimum Gasteiger partial charge on any atom is -0.493 e. The van der Waals surface area contributed by atoms with Gasteiger partial charge in [-0.1, -0.05) is 18.2 Å². The van der Waals surface area contributed by atoms with Crippen molar-refractivity contribution < 1.29 is 23.7 Å². The second-order valence-corrected chi connectivity index (χ2v) is 6.29. The van der Waals surface area contributed by atoms with Crippen molar-refractivity contribution in [3.63, 3.8) is 0 Å². The molecule has 5 heteroatoms. The van der Waals surface area contributed by atoms with E-state index in [0.29, 0.717) is 30.1 Å². The van der Waals surface area contributed by atoms with Gasteiger partial charge in [-0.2, -0.15) is 0 Å². The summed E-state index contributed by atoms with van der Waals surface area (Å²) in [5, 5.41) is 0. The van der Waals surface area contributed by atoms with Gasteiger partial charge in [0, 0.05) is 6.42 Å². The topological polar surface area (TPSA) is 54.0 Å². The van der Waals surface area contributed by atoms with Crippen molar-refractivity contribution in [2.24, 2.45) is 0 Å². The predicted molar refractivity (Wildman–Crippen MR) is 110 cm³/mol. The molecule has 0 aliphatic heterocycles. The van der Waals surface area contributed by atoms with E-state index in [9.17, 15) is 4.79 Å². The maximum absolute atomic E-state index is 12.1. The van der Waals surface area contributed by atoms with Crippen LogP contribution in [0.3, 0.4) is 0 Å². The first-order valence-electron chi connectivity index (χ1n) is 9.22. The van der Waals surface area contributed by atoms with Crippen LogP contribution in [-0.2, 0) is 17.6 Å². The van der Waals surface area contributed by atoms with Crippen LogP contribution in [0.2, 0.25) is 0 Å². The molecule has 0 saturated carbocycles. The lowest BCUT2D eigenvalue weighted by Crippen LogP contribution is -1.98. The van der Waals surface area contributed by atoms with E-state index in [1.165, 1.54) is 0 Å². The van der Waals surface area contributed by atoms with Crippen LogP contribution in [0.1, 0.15) is 24.0 Å². The number of allylic oxidation sites excluding steroid dienone is 2. The van der Waals surface area contributed by atoms with Crippen molar-refractivity contribution in [2.45, 2.75) is 25.7 Å². The molecule has 0 saturated heterocycles. The first kappa shape index (κ1) is 21.4. The summed E-state index contributed by atoms with van der Waals surface area (Å²) in [6, 6.07) is 11.6.